The fraction of sp³-hybridized carbons (Fsp3) is 0.717. The molecule has 2 heterocycles. The first-order valence-electron chi connectivity index (χ1n) is 21.4. The number of nitrogens with zero attached hydrogens (tertiary/aromatic N) is 1. The van der Waals surface area contributed by atoms with E-state index in [0.29, 0.717) is 44.2 Å². The van der Waals surface area contributed by atoms with Crippen molar-refractivity contribution in [3.8, 4) is 0 Å². The second-order valence-electron chi connectivity index (χ2n) is 13.6. The van der Waals surface area contributed by atoms with Gasteiger partial charge < -0.3 is 24.6 Å². The zero-order valence-corrected chi connectivity index (χ0v) is 37.6. The van der Waals surface area contributed by atoms with Gasteiger partial charge >= 0.3 is 5.97 Å². The van der Waals surface area contributed by atoms with E-state index >= 15 is 0 Å². The number of carbonyl (C=O) groups is 5. The molecule has 5 atom stereocenters. The van der Waals surface area contributed by atoms with Gasteiger partial charge in [0.05, 0.1) is 19.3 Å². The Hall–Kier alpha value is -3.21. The number of carbonyl (C=O) groups excluding carboxylic acids is 5. The summed E-state index contributed by atoms with van der Waals surface area (Å²) in [5.41, 5.74) is 2.06. The van der Waals surface area contributed by atoms with Crippen molar-refractivity contribution >= 4 is 29.2 Å². The predicted molar refractivity (Wildman–Crippen MR) is 229 cm³/mol. The molecule has 0 aliphatic carbocycles. The molecule has 1 amide bonds. The predicted octanol–water partition coefficient (Wildman–Crippen LogP) is 9.61. The van der Waals surface area contributed by atoms with Crippen molar-refractivity contribution in [1.82, 2.24) is 4.90 Å². The molecule has 0 aromatic heterocycles. The normalized spacial score (nSPS) is 20.7. The van der Waals surface area contributed by atoms with E-state index in [9.17, 15) is 34.2 Å². The summed E-state index contributed by atoms with van der Waals surface area (Å²) in [5.74, 6) is -4.82. The van der Waals surface area contributed by atoms with Crippen LogP contribution in [0.4, 0.5) is 0 Å². The maximum Gasteiger partial charge on any atom is 0.328 e. The molecule has 1 unspecified atom stereocenters. The Kier molecular flexibility index (Phi) is 35.7. The van der Waals surface area contributed by atoms with E-state index in [1.807, 2.05) is 55.4 Å². The number of likely N-dealkylation sites (tertiary alicyclic amines) is 1. The average molecular weight is 792 g/mol. The molecule has 10 nitrogen and oxygen atoms in total. The zero-order valence-electron chi connectivity index (χ0n) is 37.6. The molecule has 2 rings (SSSR count). The average Bonchev–Trinajstić information content (AvgIpc) is 3.22. The summed E-state index contributed by atoms with van der Waals surface area (Å²) in [7, 11) is 0. The third-order valence-corrected chi connectivity index (χ3v) is 9.24. The van der Waals surface area contributed by atoms with Crippen LogP contribution >= 0.6 is 0 Å². The molecule has 56 heavy (non-hydrogen) atoms. The third-order valence-electron chi connectivity index (χ3n) is 9.24. The second kappa shape index (κ2) is 35.0. The number of aliphatic hydroxyl groups is 2. The number of ether oxygens (including phenoxy) is 2. The first kappa shape index (κ1) is 57.1. The molecule has 2 aliphatic rings. The highest BCUT2D eigenvalue weighted by molar-refractivity contribution is 6.39. The molecule has 0 radical (unpaired) electrons. The van der Waals surface area contributed by atoms with Crippen LogP contribution in [0.15, 0.2) is 47.6 Å². The van der Waals surface area contributed by atoms with Crippen molar-refractivity contribution in [1.29, 1.82) is 0 Å². The second-order valence-corrected chi connectivity index (χ2v) is 13.6. The lowest BCUT2D eigenvalue weighted by Crippen LogP contribution is -2.59. The number of allylic oxidation sites excluding steroid dienone is 7. The van der Waals surface area contributed by atoms with Gasteiger partial charge in [-0.1, -0.05) is 111 Å². The molecule has 0 aromatic carbocycles. The first-order valence-corrected chi connectivity index (χ1v) is 21.4. The van der Waals surface area contributed by atoms with Crippen LogP contribution in [0.2, 0.25) is 0 Å². The van der Waals surface area contributed by atoms with Gasteiger partial charge in [-0.3, -0.25) is 19.2 Å². The van der Waals surface area contributed by atoms with Gasteiger partial charge in [0.1, 0.15) is 17.6 Å². The van der Waals surface area contributed by atoms with Crippen molar-refractivity contribution in [2.45, 2.75) is 185 Å². The van der Waals surface area contributed by atoms with Crippen molar-refractivity contribution in [3.63, 3.8) is 0 Å². The van der Waals surface area contributed by atoms with Gasteiger partial charge in [-0.2, -0.15) is 0 Å². The summed E-state index contributed by atoms with van der Waals surface area (Å²) in [4.78, 5) is 61.9. The summed E-state index contributed by atoms with van der Waals surface area (Å²) < 4.78 is 10.4. The minimum absolute atomic E-state index is 0.0504. The van der Waals surface area contributed by atoms with Crippen molar-refractivity contribution in [2.24, 2.45) is 11.8 Å². The van der Waals surface area contributed by atoms with Gasteiger partial charge in [-0.05, 0) is 90.6 Å². The summed E-state index contributed by atoms with van der Waals surface area (Å²) in [6, 6.07) is -0.760. The highest BCUT2D eigenvalue weighted by Crippen LogP contribution is 2.31. The Labute approximate surface area is 341 Å². The number of ketones is 3. The van der Waals surface area contributed by atoms with E-state index < -0.39 is 41.5 Å². The molecule has 2 saturated heterocycles. The van der Waals surface area contributed by atoms with Gasteiger partial charge in [-0.15, -0.1) is 0 Å². The van der Waals surface area contributed by atoms with Crippen LogP contribution in [0.1, 0.15) is 167 Å². The molecule has 0 saturated carbocycles. The molecule has 324 valence electrons. The van der Waals surface area contributed by atoms with Gasteiger partial charge in [0.15, 0.2) is 0 Å². The largest absolute Gasteiger partial charge is 0.464 e. The van der Waals surface area contributed by atoms with Crippen molar-refractivity contribution in [3.05, 3.63) is 47.6 Å². The molecular formula is C46H81NO9. The van der Waals surface area contributed by atoms with E-state index in [-0.39, 0.29) is 37.1 Å². The summed E-state index contributed by atoms with van der Waals surface area (Å²) >= 11 is 0. The Morgan fingerprint density at radius 1 is 0.929 bits per heavy atom. The molecule has 2 fully saturated rings. The lowest BCUT2D eigenvalue weighted by atomic mass is 9.88. The lowest BCUT2D eigenvalue weighted by Gasteiger charge is -2.39. The first-order chi connectivity index (χ1) is 26.7. The van der Waals surface area contributed by atoms with E-state index in [1.165, 1.54) is 17.4 Å². The minimum atomic E-state index is -2.09. The quantitative estimate of drug-likeness (QED) is 0.0599. The molecule has 0 bridgehead atoms. The van der Waals surface area contributed by atoms with E-state index in [2.05, 4.69) is 44.2 Å². The maximum absolute atomic E-state index is 12.7. The number of hydrogen-bond donors (Lipinski definition) is 2. The molecular weight excluding hydrogens is 711 g/mol. The van der Waals surface area contributed by atoms with Crippen molar-refractivity contribution < 1.29 is 43.7 Å². The highest BCUT2D eigenvalue weighted by Gasteiger charge is 2.50. The van der Waals surface area contributed by atoms with Gasteiger partial charge in [-0.25, -0.2) is 4.79 Å². The number of piperidine rings is 1. The van der Waals surface area contributed by atoms with Crippen LogP contribution in [-0.4, -0.2) is 82.0 Å². The molecule has 2 aliphatic heterocycles. The number of amides is 1. The van der Waals surface area contributed by atoms with Gasteiger partial charge in [0, 0.05) is 31.2 Å². The highest BCUT2D eigenvalue weighted by atomic mass is 16.6. The van der Waals surface area contributed by atoms with Crippen LogP contribution in [0.3, 0.4) is 0 Å². The number of hydrogen-bond acceptors (Lipinski definition) is 9. The van der Waals surface area contributed by atoms with Crippen LogP contribution in [0.25, 0.3) is 0 Å². The molecule has 2 N–H and O–H groups in total. The third kappa shape index (κ3) is 23.1. The monoisotopic (exact) mass is 792 g/mol. The van der Waals surface area contributed by atoms with Crippen molar-refractivity contribution in [2.75, 3.05) is 19.8 Å². The van der Waals surface area contributed by atoms with E-state index in [0.717, 1.165) is 38.5 Å². The lowest BCUT2D eigenvalue weighted by molar-refractivity contribution is -0.240. The number of esters is 1. The Balaban J connectivity index is -0.000000885. The molecule has 0 spiro atoms. The van der Waals surface area contributed by atoms with Crippen LogP contribution < -0.4 is 0 Å². The summed E-state index contributed by atoms with van der Waals surface area (Å²) in [6.07, 6.45) is 19.5. The van der Waals surface area contributed by atoms with Gasteiger partial charge in [0.25, 0.3) is 11.7 Å². The minimum Gasteiger partial charge on any atom is -0.464 e. The zero-order chi connectivity index (χ0) is 43.7. The summed E-state index contributed by atoms with van der Waals surface area (Å²) in [5, 5.41) is 20.6. The fourth-order valence-corrected chi connectivity index (χ4v) is 5.47. The smallest absolute Gasteiger partial charge is 0.328 e. The number of aliphatic hydroxyl groups excluding tert-OH is 1. The van der Waals surface area contributed by atoms with Gasteiger partial charge in [0.2, 0.25) is 5.79 Å². The van der Waals surface area contributed by atoms with Crippen LogP contribution in [0, 0.1) is 11.8 Å². The SMILES string of the molecule is CC.CC.CC.CC/C(C)=C/C=C/C/C=C/CC[C@@H](C)C(=O)CC(O)/C(C)=C/CC(C)=O.CCCOC(=O)[C@@H]1CCCCN1C(=O)C(=O)[C@]1(O)OCCC[C@H]1C. The maximum atomic E-state index is 12.7. The standard InChI is InChI=1S/C23H36O3.C17H27NO6.3C2H6/c1-6-18(2)13-11-9-7-8-10-12-14-19(3)22(25)17-23(26)20(4)15-16-21(5)24;1-3-10-23-16(21)13-8-4-5-9-18(13)15(20)14(19)17(22)12(2)7-6-11-24-17;3*1-2/h8-11,13,15,19,23,26H,6-7,12,14,16-17H2,1-5H3;12-13,22H,3-11H2,1-2H3;3*1-2H3/b10-8+,11-9+,18-13+,20-15+;;;;/t19-,23?;12-,13+,17-;;;/m11.../s1. The Morgan fingerprint density at radius 2 is 1.57 bits per heavy atom. The number of rotatable bonds is 18. The molecule has 0 aromatic rings. The van der Waals surface area contributed by atoms with Crippen LogP contribution in [-0.2, 0) is 33.4 Å². The fourth-order valence-electron chi connectivity index (χ4n) is 5.47. The Morgan fingerprint density at radius 3 is 2.14 bits per heavy atom. The Bertz CT molecular complexity index is 1230. The topological polar surface area (TPSA) is 148 Å². The van der Waals surface area contributed by atoms with E-state index in [1.54, 1.807) is 19.9 Å². The molecule has 10 heteroatoms. The van der Waals surface area contributed by atoms with Crippen LogP contribution in [0.5, 0.6) is 0 Å². The van der Waals surface area contributed by atoms with E-state index in [4.69, 9.17) is 9.47 Å². The number of Topliss-reactive ketones (excluding diaryl/α,β-unsaturated/α-hetero) is 3. The summed E-state index contributed by atoms with van der Waals surface area (Å²) in [6.45, 7) is 25.9.